The quantitative estimate of drug-likeness (QED) is 0.707. The molecule has 80 valence electrons. The predicted octanol–water partition coefficient (Wildman–Crippen LogP) is 2.32. The number of halogens is 2. The van der Waals surface area contributed by atoms with E-state index in [-0.39, 0.29) is 18.3 Å². The van der Waals surface area contributed by atoms with E-state index in [1.807, 2.05) is 18.2 Å². The number of hydrogen-bond acceptors (Lipinski definition) is 2. The van der Waals surface area contributed by atoms with Gasteiger partial charge in [-0.05, 0) is 12.1 Å². The van der Waals surface area contributed by atoms with Crippen LogP contribution in [0.5, 0.6) is 0 Å². The molecule has 2 heterocycles. The Morgan fingerprint density at radius 2 is 1.93 bits per heavy atom. The molecule has 3 rings (SSSR count). The number of rotatable bonds is 1. The Kier molecular flexibility index (Phi) is 1.62. The molecule has 0 radical (unpaired) electrons. The average Bonchev–Trinajstić information content (AvgIpc) is 2.11. The van der Waals surface area contributed by atoms with E-state index in [4.69, 9.17) is 0 Å². The zero-order valence-electron chi connectivity index (χ0n) is 8.29. The lowest BCUT2D eigenvalue weighted by molar-refractivity contribution is -0.170. The normalized spacial score (nSPS) is 25.9. The maximum atomic E-state index is 12.7. The first-order valence-electron chi connectivity index (χ1n) is 5.13. The van der Waals surface area contributed by atoms with Gasteiger partial charge in [-0.1, -0.05) is 6.07 Å². The van der Waals surface area contributed by atoms with Crippen molar-refractivity contribution < 1.29 is 8.78 Å². The maximum Gasteiger partial charge on any atom is 0.249 e. The first-order chi connectivity index (χ1) is 7.09. The highest BCUT2D eigenvalue weighted by molar-refractivity contribution is 5.43. The van der Waals surface area contributed by atoms with Crippen molar-refractivity contribution in [2.75, 3.05) is 18.0 Å². The molecule has 1 saturated carbocycles. The van der Waals surface area contributed by atoms with Crippen LogP contribution >= 0.6 is 0 Å². The van der Waals surface area contributed by atoms with Gasteiger partial charge in [0.25, 0.3) is 0 Å². The van der Waals surface area contributed by atoms with E-state index in [0.717, 1.165) is 18.9 Å². The summed E-state index contributed by atoms with van der Waals surface area (Å²) in [4.78, 5) is 6.26. The maximum absolute atomic E-state index is 12.7. The minimum atomic E-state index is -2.41. The SMILES string of the molecule is FC1(F)CC2(CN(c3ccccn3)C2)C1. The zero-order valence-corrected chi connectivity index (χ0v) is 8.29. The van der Waals surface area contributed by atoms with E-state index in [1.165, 1.54) is 0 Å². The van der Waals surface area contributed by atoms with Crippen LogP contribution in [0.25, 0.3) is 0 Å². The second kappa shape index (κ2) is 2.68. The van der Waals surface area contributed by atoms with Gasteiger partial charge in [0.05, 0.1) is 0 Å². The van der Waals surface area contributed by atoms with Gasteiger partial charge < -0.3 is 4.90 Å². The van der Waals surface area contributed by atoms with Crippen LogP contribution in [0.15, 0.2) is 24.4 Å². The number of nitrogens with zero attached hydrogens (tertiary/aromatic N) is 2. The largest absolute Gasteiger partial charge is 0.355 e. The van der Waals surface area contributed by atoms with Crippen LogP contribution in [0, 0.1) is 5.41 Å². The molecule has 0 amide bonds. The Morgan fingerprint density at radius 3 is 2.47 bits per heavy atom. The number of alkyl halides is 2. The van der Waals surface area contributed by atoms with E-state index in [2.05, 4.69) is 9.88 Å². The highest BCUT2D eigenvalue weighted by Crippen LogP contribution is 2.57. The van der Waals surface area contributed by atoms with Crippen LogP contribution in [0.1, 0.15) is 12.8 Å². The third kappa shape index (κ3) is 1.39. The smallest absolute Gasteiger partial charge is 0.249 e. The van der Waals surface area contributed by atoms with Gasteiger partial charge >= 0.3 is 0 Å². The molecule has 0 atom stereocenters. The first kappa shape index (κ1) is 9.07. The van der Waals surface area contributed by atoms with Gasteiger partial charge in [-0.15, -0.1) is 0 Å². The molecular weight excluding hydrogens is 198 g/mol. The molecule has 4 heteroatoms. The fourth-order valence-corrected chi connectivity index (χ4v) is 2.74. The van der Waals surface area contributed by atoms with Crippen molar-refractivity contribution in [3.05, 3.63) is 24.4 Å². The van der Waals surface area contributed by atoms with Crippen molar-refractivity contribution in [1.82, 2.24) is 4.98 Å². The molecule has 15 heavy (non-hydrogen) atoms. The average molecular weight is 210 g/mol. The lowest BCUT2D eigenvalue weighted by Crippen LogP contribution is -2.66. The molecule has 1 aromatic heterocycles. The second-order valence-electron chi connectivity index (χ2n) is 4.75. The van der Waals surface area contributed by atoms with Crippen LogP contribution in [0.2, 0.25) is 0 Å². The topological polar surface area (TPSA) is 16.1 Å². The van der Waals surface area contributed by atoms with Gasteiger partial charge in [0.1, 0.15) is 5.82 Å². The van der Waals surface area contributed by atoms with E-state index in [0.29, 0.717) is 0 Å². The third-order valence-corrected chi connectivity index (χ3v) is 3.29. The van der Waals surface area contributed by atoms with Crippen molar-refractivity contribution in [3.63, 3.8) is 0 Å². The lowest BCUT2D eigenvalue weighted by Gasteiger charge is -2.59. The van der Waals surface area contributed by atoms with Crippen LogP contribution in [0.4, 0.5) is 14.6 Å². The molecule has 0 bridgehead atoms. The summed E-state index contributed by atoms with van der Waals surface area (Å²) in [5.41, 5.74) is -0.110. The number of anilines is 1. The lowest BCUT2D eigenvalue weighted by atomic mass is 9.61. The second-order valence-corrected chi connectivity index (χ2v) is 4.75. The zero-order chi connectivity index (χ0) is 10.5. The summed E-state index contributed by atoms with van der Waals surface area (Å²) >= 11 is 0. The molecule has 1 saturated heterocycles. The first-order valence-corrected chi connectivity index (χ1v) is 5.13. The summed E-state index contributed by atoms with van der Waals surface area (Å²) in [6.45, 7) is 1.47. The van der Waals surface area contributed by atoms with Gasteiger partial charge in [0.2, 0.25) is 5.92 Å². The van der Waals surface area contributed by atoms with Crippen LogP contribution in [-0.2, 0) is 0 Å². The summed E-state index contributed by atoms with van der Waals surface area (Å²) < 4.78 is 25.5. The van der Waals surface area contributed by atoms with Crippen LogP contribution in [0.3, 0.4) is 0 Å². The van der Waals surface area contributed by atoms with Gasteiger partial charge in [0, 0.05) is 37.5 Å². The molecule has 1 aliphatic heterocycles. The van der Waals surface area contributed by atoms with E-state index in [9.17, 15) is 8.78 Å². The highest BCUT2D eigenvalue weighted by Gasteiger charge is 2.61. The van der Waals surface area contributed by atoms with Crippen LogP contribution < -0.4 is 4.90 Å². The Hall–Kier alpha value is -1.19. The summed E-state index contributed by atoms with van der Waals surface area (Å²) in [5, 5.41) is 0. The summed E-state index contributed by atoms with van der Waals surface area (Å²) in [6, 6.07) is 5.70. The fourth-order valence-electron chi connectivity index (χ4n) is 2.74. The number of hydrogen-bond donors (Lipinski definition) is 0. The van der Waals surface area contributed by atoms with E-state index < -0.39 is 5.92 Å². The van der Waals surface area contributed by atoms with E-state index in [1.54, 1.807) is 6.20 Å². The molecule has 0 aromatic carbocycles. The van der Waals surface area contributed by atoms with Crippen molar-refractivity contribution >= 4 is 5.82 Å². The molecule has 1 aliphatic carbocycles. The minimum absolute atomic E-state index is 0.0589. The van der Waals surface area contributed by atoms with Crippen molar-refractivity contribution in [2.45, 2.75) is 18.8 Å². The number of aromatic nitrogens is 1. The predicted molar refractivity (Wildman–Crippen MR) is 53.1 cm³/mol. The highest BCUT2D eigenvalue weighted by atomic mass is 19.3. The molecule has 1 spiro atoms. The molecule has 2 aliphatic rings. The van der Waals surface area contributed by atoms with Gasteiger partial charge in [-0.3, -0.25) is 0 Å². The minimum Gasteiger partial charge on any atom is -0.355 e. The molecule has 2 fully saturated rings. The monoisotopic (exact) mass is 210 g/mol. The molecular formula is C11H12F2N2. The Labute approximate surface area is 86.9 Å². The Bertz CT molecular complexity index is 361. The van der Waals surface area contributed by atoms with Crippen molar-refractivity contribution in [1.29, 1.82) is 0 Å². The standard InChI is InChI=1S/C11H12F2N2/c12-11(13)5-10(6-11)7-15(8-10)9-3-1-2-4-14-9/h1-4H,5-8H2. The van der Waals surface area contributed by atoms with Gasteiger partial charge in [-0.25, -0.2) is 13.8 Å². The Morgan fingerprint density at radius 1 is 1.20 bits per heavy atom. The van der Waals surface area contributed by atoms with E-state index >= 15 is 0 Å². The van der Waals surface area contributed by atoms with Crippen molar-refractivity contribution in [3.8, 4) is 0 Å². The third-order valence-electron chi connectivity index (χ3n) is 3.29. The number of pyridine rings is 1. The van der Waals surface area contributed by atoms with Crippen LogP contribution in [-0.4, -0.2) is 24.0 Å². The Balaban J connectivity index is 1.64. The summed E-state index contributed by atoms with van der Waals surface area (Å²) in [7, 11) is 0. The summed E-state index contributed by atoms with van der Waals surface area (Å²) in [5.74, 6) is -1.51. The summed E-state index contributed by atoms with van der Waals surface area (Å²) in [6.07, 6.45) is 1.85. The molecule has 0 unspecified atom stereocenters. The molecule has 1 aromatic rings. The van der Waals surface area contributed by atoms with Gasteiger partial charge in [-0.2, -0.15) is 0 Å². The molecule has 0 N–H and O–H groups in total. The van der Waals surface area contributed by atoms with Crippen molar-refractivity contribution in [2.24, 2.45) is 5.41 Å². The fraction of sp³-hybridized carbons (Fsp3) is 0.545. The van der Waals surface area contributed by atoms with Gasteiger partial charge in [0.15, 0.2) is 0 Å². The molecule has 2 nitrogen and oxygen atoms in total.